The minimum atomic E-state index is 0.0956. The van der Waals surface area contributed by atoms with E-state index < -0.39 is 0 Å². The third-order valence-electron chi connectivity index (χ3n) is 3.49. The number of hydrogen-bond acceptors (Lipinski definition) is 2. The van der Waals surface area contributed by atoms with Gasteiger partial charge in [0.05, 0.1) is 5.02 Å². The molecular formula is C14H18ClIN2O. The maximum absolute atomic E-state index is 12.6. The van der Waals surface area contributed by atoms with Crippen LogP contribution in [0.15, 0.2) is 18.2 Å². The SMILES string of the molecule is CNCC1CCCCN1C(=O)c1ccc(I)c(Cl)c1. The van der Waals surface area contributed by atoms with Crippen molar-refractivity contribution in [3.63, 3.8) is 0 Å². The van der Waals surface area contributed by atoms with Crippen molar-refractivity contribution in [3.8, 4) is 0 Å². The number of hydrogen-bond donors (Lipinski definition) is 1. The maximum atomic E-state index is 12.6. The standard InChI is InChI=1S/C14H18ClIN2O/c1-17-9-11-4-2-3-7-18(11)14(19)10-5-6-13(16)12(15)8-10/h5-6,8,11,17H,2-4,7,9H2,1H3. The average molecular weight is 393 g/mol. The first-order valence-corrected chi connectivity index (χ1v) is 7.99. The molecular weight excluding hydrogens is 375 g/mol. The van der Waals surface area contributed by atoms with E-state index in [1.165, 1.54) is 6.42 Å². The predicted molar refractivity (Wildman–Crippen MR) is 86.8 cm³/mol. The van der Waals surface area contributed by atoms with Crippen LogP contribution in [0.5, 0.6) is 0 Å². The lowest BCUT2D eigenvalue weighted by atomic mass is 10.0. The van der Waals surface area contributed by atoms with E-state index in [0.29, 0.717) is 16.6 Å². The Morgan fingerprint density at radius 3 is 3.00 bits per heavy atom. The molecule has 0 spiro atoms. The molecule has 1 aliphatic heterocycles. The maximum Gasteiger partial charge on any atom is 0.254 e. The summed E-state index contributed by atoms with van der Waals surface area (Å²) >= 11 is 8.27. The average Bonchev–Trinajstić information content (AvgIpc) is 2.42. The lowest BCUT2D eigenvalue weighted by Crippen LogP contribution is -2.48. The van der Waals surface area contributed by atoms with Gasteiger partial charge < -0.3 is 10.2 Å². The van der Waals surface area contributed by atoms with Gasteiger partial charge in [-0.2, -0.15) is 0 Å². The lowest BCUT2D eigenvalue weighted by Gasteiger charge is -2.35. The summed E-state index contributed by atoms with van der Waals surface area (Å²) < 4.78 is 0.973. The highest BCUT2D eigenvalue weighted by Crippen LogP contribution is 2.23. The van der Waals surface area contributed by atoms with Gasteiger partial charge in [0.1, 0.15) is 0 Å². The Bertz CT molecular complexity index is 465. The number of carbonyl (C=O) groups excluding carboxylic acids is 1. The quantitative estimate of drug-likeness (QED) is 0.802. The smallest absolute Gasteiger partial charge is 0.254 e. The van der Waals surface area contributed by atoms with Crippen LogP contribution in [0.4, 0.5) is 0 Å². The number of nitrogens with one attached hydrogen (secondary N) is 1. The van der Waals surface area contributed by atoms with Gasteiger partial charge in [0.25, 0.3) is 5.91 Å². The highest BCUT2D eigenvalue weighted by molar-refractivity contribution is 14.1. The topological polar surface area (TPSA) is 32.3 Å². The van der Waals surface area contributed by atoms with Gasteiger partial charge in [-0.05, 0) is 67.1 Å². The molecule has 1 heterocycles. The van der Waals surface area contributed by atoms with Gasteiger partial charge in [0.15, 0.2) is 0 Å². The second-order valence-corrected chi connectivity index (χ2v) is 6.40. The summed E-state index contributed by atoms with van der Waals surface area (Å²) in [6.07, 6.45) is 3.36. The fraction of sp³-hybridized carbons (Fsp3) is 0.500. The first-order chi connectivity index (χ1) is 9.13. The largest absolute Gasteiger partial charge is 0.334 e. The van der Waals surface area contributed by atoms with Gasteiger partial charge in [-0.1, -0.05) is 11.6 Å². The molecule has 1 aliphatic rings. The zero-order valence-corrected chi connectivity index (χ0v) is 13.9. The summed E-state index contributed by atoms with van der Waals surface area (Å²) in [5.41, 5.74) is 0.688. The summed E-state index contributed by atoms with van der Waals surface area (Å²) in [6.45, 7) is 1.69. The second-order valence-electron chi connectivity index (χ2n) is 4.83. The van der Waals surface area contributed by atoms with E-state index >= 15 is 0 Å². The van der Waals surface area contributed by atoms with E-state index in [0.717, 1.165) is 29.5 Å². The Morgan fingerprint density at radius 2 is 2.32 bits per heavy atom. The molecule has 0 radical (unpaired) electrons. The number of benzene rings is 1. The second kappa shape index (κ2) is 6.90. The summed E-state index contributed by atoms with van der Waals surface area (Å²) in [4.78, 5) is 14.6. The number of nitrogens with zero attached hydrogens (tertiary/aromatic N) is 1. The van der Waals surface area contributed by atoms with E-state index in [2.05, 4.69) is 27.9 Å². The fourth-order valence-corrected chi connectivity index (χ4v) is 3.03. The zero-order valence-electron chi connectivity index (χ0n) is 11.0. The molecule has 1 fully saturated rings. The Kier molecular flexibility index (Phi) is 5.47. The fourth-order valence-electron chi connectivity index (χ4n) is 2.51. The highest BCUT2D eigenvalue weighted by Gasteiger charge is 2.27. The molecule has 1 aromatic rings. The molecule has 5 heteroatoms. The molecule has 0 saturated carbocycles. The van der Waals surface area contributed by atoms with Gasteiger partial charge in [0, 0.05) is 28.3 Å². The van der Waals surface area contributed by atoms with Crippen molar-refractivity contribution in [2.24, 2.45) is 0 Å². The monoisotopic (exact) mass is 392 g/mol. The molecule has 1 saturated heterocycles. The zero-order chi connectivity index (χ0) is 13.8. The van der Waals surface area contributed by atoms with Crippen LogP contribution in [-0.4, -0.2) is 37.0 Å². The van der Waals surface area contributed by atoms with Crippen molar-refractivity contribution in [1.82, 2.24) is 10.2 Å². The van der Waals surface area contributed by atoms with E-state index in [9.17, 15) is 4.79 Å². The van der Waals surface area contributed by atoms with Crippen molar-refractivity contribution in [2.45, 2.75) is 25.3 Å². The summed E-state index contributed by atoms with van der Waals surface area (Å²) in [5, 5.41) is 3.82. The van der Waals surface area contributed by atoms with Crippen molar-refractivity contribution in [3.05, 3.63) is 32.4 Å². The Labute approximate surface area is 132 Å². The Morgan fingerprint density at radius 1 is 1.53 bits per heavy atom. The molecule has 0 aromatic heterocycles. The van der Waals surface area contributed by atoms with Crippen LogP contribution < -0.4 is 5.32 Å². The van der Waals surface area contributed by atoms with Crippen LogP contribution in [-0.2, 0) is 0 Å². The summed E-state index contributed by atoms with van der Waals surface area (Å²) in [6, 6.07) is 5.83. The molecule has 1 atom stereocenters. The third kappa shape index (κ3) is 3.61. The van der Waals surface area contributed by atoms with Crippen LogP contribution in [0.25, 0.3) is 0 Å². The molecule has 1 amide bonds. The normalized spacial score (nSPS) is 19.5. The van der Waals surface area contributed by atoms with Gasteiger partial charge in [-0.25, -0.2) is 0 Å². The van der Waals surface area contributed by atoms with Crippen LogP contribution in [0.3, 0.4) is 0 Å². The molecule has 1 N–H and O–H groups in total. The van der Waals surface area contributed by atoms with E-state index in [-0.39, 0.29) is 5.91 Å². The van der Waals surface area contributed by atoms with Crippen molar-refractivity contribution in [1.29, 1.82) is 0 Å². The van der Waals surface area contributed by atoms with Crippen molar-refractivity contribution < 1.29 is 4.79 Å². The van der Waals surface area contributed by atoms with Gasteiger partial charge in [-0.15, -0.1) is 0 Å². The molecule has 2 rings (SSSR count). The van der Waals surface area contributed by atoms with E-state index in [1.807, 2.05) is 24.1 Å². The molecule has 0 aliphatic carbocycles. The minimum absolute atomic E-state index is 0.0956. The lowest BCUT2D eigenvalue weighted by molar-refractivity contribution is 0.0615. The molecule has 0 bridgehead atoms. The number of amides is 1. The van der Waals surface area contributed by atoms with Gasteiger partial charge >= 0.3 is 0 Å². The highest BCUT2D eigenvalue weighted by atomic mass is 127. The predicted octanol–water partition coefficient (Wildman–Crippen LogP) is 3.16. The molecule has 1 unspecified atom stereocenters. The van der Waals surface area contributed by atoms with Crippen molar-refractivity contribution >= 4 is 40.1 Å². The first kappa shape index (κ1) is 15.1. The van der Waals surface area contributed by atoms with Crippen molar-refractivity contribution in [2.75, 3.05) is 20.1 Å². The summed E-state index contributed by atoms with van der Waals surface area (Å²) in [5.74, 6) is 0.0956. The van der Waals surface area contributed by atoms with Crippen LogP contribution >= 0.6 is 34.2 Å². The first-order valence-electron chi connectivity index (χ1n) is 6.54. The van der Waals surface area contributed by atoms with Gasteiger partial charge in [0.2, 0.25) is 0 Å². The number of likely N-dealkylation sites (N-methyl/N-ethyl adjacent to an activating group) is 1. The van der Waals surface area contributed by atoms with E-state index in [4.69, 9.17) is 11.6 Å². The van der Waals surface area contributed by atoms with E-state index in [1.54, 1.807) is 6.07 Å². The van der Waals surface area contributed by atoms with Crippen LogP contribution in [0.1, 0.15) is 29.6 Å². The number of piperidine rings is 1. The minimum Gasteiger partial charge on any atom is -0.334 e. The molecule has 3 nitrogen and oxygen atoms in total. The molecule has 104 valence electrons. The summed E-state index contributed by atoms with van der Waals surface area (Å²) in [7, 11) is 1.93. The van der Waals surface area contributed by atoms with Crippen LogP contribution in [0, 0.1) is 3.57 Å². The third-order valence-corrected chi connectivity index (χ3v) is 5.07. The number of likely N-dealkylation sites (tertiary alicyclic amines) is 1. The Balaban J connectivity index is 2.18. The number of carbonyl (C=O) groups is 1. The molecule has 1 aromatic carbocycles. The molecule has 19 heavy (non-hydrogen) atoms. The Hall–Kier alpha value is -0.330. The van der Waals surface area contributed by atoms with Crippen LogP contribution in [0.2, 0.25) is 5.02 Å². The number of halogens is 2. The number of rotatable bonds is 3. The van der Waals surface area contributed by atoms with Gasteiger partial charge in [-0.3, -0.25) is 4.79 Å².